The van der Waals surface area contributed by atoms with Gasteiger partial charge in [-0.15, -0.1) is 10.2 Å². The number of hydrogen-bond donors (Lipinski definition) is 2. The summed E-state index contributed by atoms with van der Waals surface area (Å²) >= 11 is 5.87. The predicted octanol–water partition coefficient (Wildman–Crippen LogP) is 4.36. The smallest absolute Gasteiger partial charge is 0.252 e. The number of halogens is 3. The van der Waals surface area contributed by atoms with E-state index in [-0.39, 0.29) is 29.2 Å². The monoisotopic (exact) mass is 473 g/mol. The molecule has 2 amide bonds. The molecule has 10 heteroatoms. The number of hydrogen-bond acceptors (Lipinski definition) is 4. The van der Waals surface area contributed by atoms with E-state index in [1.54, 1.807) is 6.07 Å². The van der Waals surface area contributed by atoms with Crippen molar-refractivity contribution in [3.05, 3.63) is 64.4 Å². The molecule has 3 aromatic rings. The van der Waals surface area contributed by atoms with Gasteiger partial charge in [0.15, 0.2) is 5.82 Å². The zero-order valence-corrected chi connectivity index (χ0v) is 18.5. The molecule has 1 aromatic heterocycles. The quantitative estimate of drug-likeness (QED) is 0.556. The summed E-state index contributed by atoms with van der Waals surface area (Å²) in [6, 6.07) is 7.84. The van der Waals surface area contributed by atoms with Gasteiger partial charge in [-0.1, -0.05) is 18.0 Å². The van der Waals surface area contributed by atoms with E-state index >= 15 is 0 Å². The standard InChI is InChI=1S/C23H22ClF2N5O2/c24-17-13-15(25)6-7-16(17)23(33)27-10-9-21(32)28-19-12-14(5-8-18(19)26)22-30-29-20-4-2-1-3-11-31(20)22/h5-8,12-13H,1-4,9-11H2,(H,27,33)(H,28,32). The van der Waals surface area contributed by atoms with E-state index in [0.29, 0.717) is 11.4 Å². The van der Waals surface area contributed by atoms with E-state index in [4.69, 9.17) is 11.6 Å². The maximum atomic E-state index is 14.4. The summed E-state index contributed by atoms with van der Waals surface area (Å²) in [5.41, 5.74) is 0.785. The zero-order chi connectivity index (χ0) is 23.4. The van der Waals surface area contributed by atoms with Crippen molar-refractivity contribution in [2.75, 3.05) is 11.9 Å². The van der Waals surface area contributed by atoms with E-state index < -0.39 is 23.4 Å². The lowest BCUT2D eigenvalue weighted by atomic mass is 10.1. The molecule has 0 spiro atoms. The van der Waals surface area contributed by atoms with Gasteiger partial charge < -0.3 is 15.2 Å². The third-order valence-electron chi connectivity index (χ3n) is 5.42. The first-order valence-corrected chi connectivity index (χ1v) is 11.1. The minimum atomic E-state index is -0.579. The Morgan fingerprint density at radius 2 is 1.91 bits per heavy atom. The van der Waals surface area contributed by atoms with Crippen molar-refractivity contribution in [1.29, 1.82) is 0 Å². The van der Waals surface area contributed by atoms with E-state index in [1.165, 1.54) is 18.2 Å². The molecule has 4 rings (SSSR count). The molecular weight excluding hydrogens is 452 g/mol. The second-order valence-corrected chi connectivity index (χ2v) is 8.18. The Kier molecular flexibility index (Phi) is 6.98. The number of rotatable bonds is 6. The van der Waals surface area contributed by atoms with E-state index in [0.717, 1.165) is 50.2 Å². The van der Waals surface area contributed by atoms with Crippen LogP contribution >= 0.6 is 11.6 Å². The first kappa shape index (κ1) is 22.8. The molecule has 0 atom stereocenters. The van der Waals surface area contributed by atoms with Crippen molar-refractivity contribution in [3.8, 4) is 11.4 Å². The maximum absolute atomic E-state index is 14.4. The van der Waals surface area contributed by atoms with Gasteiger partial charge in [0.2, 0.25) is 5.91 Å². The summed E-state index contributed by atoms with van der Waals surface area (Å²) in [5, 5.41) is 13.6. The number of aromatic nitrogens is 3. The van der Waals surface area contributed by atoms with Crippen LogP contribution in [0.5, 0.6) is 0 Å². The maximum Gasteiger partial charge on any atom is 0.252 e. The van der Waals surface area contributed by atoms with Crippen molar-refractivity contribution in [1.82, 2.24) is 20.1 Å². The fraction of sp³-hybridized carbons (Fsp3) is 0.304. The van der Waals surface area contributed by atoms with Gasteiger partial charge in [-0.2, -0.15) is 0 Å². The zero-order valence-electron chi connectivity index (χ0n) is 17.7. The van der Waals surface area contributed by atoms with Gasteiger partial charge in [0.05, 0.1) is 16.3 Å². The van der Waals surface area contributed by atoms with Crippen LogP contribution in [0.15, 0.2) is 36.4 Å². The van der Waals surface area contributed by atoms with Crippen molar-refractivity contribution >= 4 is 29.1 Å². The van der Waals surface area contributed by atoms with Crippen LogP contribution in [0.2, 0.25) is 5.02 Å². The summed E-state index contributed by atoms with van der Waals surface area (Å²) < 4.78 is 29.5. The number of amides is 2. The third-order valence-corrected chi connectivity index (χ3v) is 5.73. The minimum Gasteiger partial charge on any atom is -0.351 e. The highest BCUT2D eigenvalue weighted by Crippen LogP contribution is 2.26. The minimum absolute atomic E-state index is 0.00261. The first-order valence-electron chi connectivity index (χ1n) is 10.7. The Hall–Kier alpha value is -3.33. The molecule has 1 aliphatic heterocycles. The summed E-state index contributed by atoms with van der Waals surface area (Å²) in [6.45, 7) is 0.797. The Morgan fingerprint density at radius 3 is 2.73 bits per heavy atom. The molecule has 172 valence electrons. The van der Waals surface area contributed by atoms with Crippen LogP contribution < -0.4 is 10.6 Å². The lowest BCUT2D eigenvalue weighted by Gasteiger charge is -2.11. The summed E-state index contributed by atoms with van der Waals surface area (Å²) in [5.74, 6) is -0.586. The number of fused-ring (bicyclic) bond motifs is 1. The number of nitrogens with zero attached hydrogens (tertiary/aromatic N) is 3. The van der Waals surface area contributed by atoms with Crippen LogP contribution in [0.4, 0.5) is 14.5 Å². The van der Waals surface area contributed by atoms with E-state index in [1.807, 2.05) is 4.57 Å². The molecule has 0 fully saturated rings. The van der Waals surface area contributed by atoms with Crippen LogP contribution in [0.3, 0.4) is 0 Å². The molecule has 0 unspecified atom stereocenters. The van der Waals surface area contributed by atoms with Gasteiger partial charge in [-0.05, 0) is 49.2 Å². The van der Waals surface area contributed by atoms with Crippen LogP contribution in [0.25, 0.3) is 11.4 Å². The number of anilines is 1. The molecule has 0 aliphatic carbocycles. The van der Waals surface area contributed by atoms with Gasteiger partial charge >= 0.3 is 0 Å². The molecule has 1 aliphatic rings. The Labute approximate surface area is 194 Å². The molecule has 7 nitrogen and oxygen atoms in total. The third kappa shape index (κ3) is 5.36. The summed E-state index contributed by atoms with van der Waals surface area (Å²) in [6.07, 6.45) is 3.98. The van der Waals surface area contributed by atoms with Gasteiger partial charge in [-0.25, -0.2) is 8.78 Å². The van der Waals surface area contributed by atoms with Crippen molar-refractivity contribution in [2.45, 2.75) is 38.6 Å². The SMILES string of the molecule is O=C(CCNC(=O)c1ccc(F)cc1Cl)Nc1cc(-c2nnc3n2CCCCC3)ccc1F. The first-order chi connectivity index (χ1) is 15.9. The van der Waals surface area contributed by atoms with Crippen LogP contribution in [0, 0.1) is 11.6 Å². The number of benzene rings is 2. The Balaban J connectivity index is 1.38. The van der Waals surface area contributed by atoms with Crippen molar-refractivity contribution in [3.63, 3.8) is 0 Å². The molecule has 2 aromatic carbocycles. The highest BCUT2D eigenvalue weighted by Gasteiger charge is 2.18. The Bertz CT molecular complexity index is 1200. The molecule has 0 saturated heterocycles. The van der Waals surface area contributed by atoms with Crippen LogP contribution in [-0.4, -0.2) is 33.1 Å². The average molecular weight is 474 g/mol. The molecule has 0 radical (unpaired) electrons. The van der Waals surface area contributed by atoms with Crippen molar-refractivity contribution in [2.24, 2.45) is 0 Å². The topological polar surface area (TPSA) is 88.9 Å². The number of carbonyl (C=O) groups excluding carboxylic acids is 2. The van der Waals surface area contributed by atoms with Crippen LogP contribution in [0.1, 0.15) is 41.9 Å². The van der Waals surface area contributed by atoms with Gasteiger partial charge in [-0.3, -0.25) is 9.59 Å². The molecule has 2 heterocycles. The fourth-order valence-electron chi connectivity index (χ4n) is 3.73. The van der Waals surface area contributed by atoms with Gasteiger partial charge in [0, 0.05) is 31.5 Å². The van der Waals surface area contributed by atoms with E-state index in [2.05, 4.69) is 20.8 Å². The lowest BCUT2D eigenvalue weighted by Crippen LogP contribution is -2.28. The molecule has 0 saturated carbocycles. The van der Waals surface area contributed by atoms with Gasteiger partial charge in [0.25, 0.3) is 5.91 Å². The normalized spacial score (nSPS) is 13.2. The summed E-state index contributed by atoms with van der Waals surface area (Å²) in [4.78, 5) is 24.5. The molecule has 0 bridgehead atoms. The highest BCUT2D eigenvalue weighted by atomic mass is 35.5. The predicted molar refractivity (Wildman–Crippen MR) is 120 cm³/mol. The number of carbonyl (C=O) groups is 2. The number of aryl methyl sites for hydroxylation is 1. The van der Waals surface area contributed by atoms with E-state index in [9.17, 15) is 18.4 Å². The Morgan fingerprint density at radius 1 is 1.06 bits per heavy atom. The van der Waals surface area contributed by atoms with Crippen molar-refractivity contribution < 1.29 is 18.4 Å². The van der Waals surface area contributed by atoms with Crippen LogP contribution in [-0.2, 0) is 17.8 Å². The molecule has 33 heavy (non-hydrogen) atoms. The highest BCUT2D eigenvalue weighted by molar-refractivity contribution is 6.33. The fourth-order valence-corrected chi connectivity index (χ4v) is 3.98. The van der Waals surface area contributed by atoms with Gasteiger partial charge in [0.1, 0.15) is 17.5 Å². The largest absolute Gasteiger partial charge is 0.351 e. The summed E-state index contributed by atoms with van der Waals surface area (Å²) in [7, 11) is 0. The molecule has 2 N–H and O–H groups in total. The lowest BCUT2D eigenvalue weighted by molar-refractivity contribution is -0.116. The second kappa shape index (κ2) is 10.1. The number of nitrogens with one attached hydrogen (secondary N) is 2. The molecular formula is C23H22ClF2N5O2. The average Bonchev–Trinajstić information content (AvgIpc) is 3.03. The second-order valence-electron chi connectivity index (χ2n) is 7.78.